The molecule has 0 fully saturated rings. The molecule has 1 aliphatic rings. The smallest absolute Gasteiger partial charge is 0.255 e. The van der Waals surface area contributed by atoms with Gasteiger partial charge in [0.05, 0.1) is 23.7 Å². The number of aliphatic carboxylic acids is 1. The van der Waals surface area contributed by atoms with Crippen LogP contribution in [-0.2, 0) is 4.79 Å². The van der Waals surface area contributed by atoms with E-state index in [9.17, 15) is 14.7 Å². The molecule has 3 rings (SSSR count). The zero-order valence-electron chi connectivity index (χ0n) is 13.2. The molecule has 0 unspecified atom stereocenters. The maximum absolute atomic E-state index is 12.3. The highest BCUT2D eigenvalue weighted by atomic mass is 35.5. The number of carboxylic acids is 1. The number of ether oxygens (including phenoxy) is 2. The lowest BCUT2D eigenvalue weighted by atomic mass is 10.1. The maximum atomic E-state index is 12.3. The Morgan fingerprint density at radius 3 is 2.72 bits per heavy atom. The highest BCUT2D eigenvalue weighted by molar-refractivity contribution is 6.31. The van der Waals surface area contributed by atoms with Gasteiger partial charge in [-0.1, -0.05) is 23.7 Å². The number of methoxy groups -OCH3 is 1. The number of benzene rings is 2. The van der Waals surface area contributed by atoms with Crippen LogP contribution < -0.4 is 25.2 Å². The highest BCUT2D eigenvalue weighted by Gasteiger charge is 2.26. The van der Waals surface area contributed by atoms with Crippen LogP contribution in [0, 0.1) is 0 Å². The zero-order chi connectivity index (χ0) is 18.0. The monoisotopic (exact) mass is 361 g/mol. The standard InChI is InChI=1S/C17H15ClN2O5/c1-24-13-6-10(11(18)7-14(13)25-8-15(21)22)16-19-12-5-3-2-4-9(12)17(23)20-16/h2-7,16,19H,8H2,1H3,(H,20,23)(H,21,22)/p-1/t16-/m0/s1. The normalized spacial score (nSPS) is 15.6. The number of carbonyl (C=O) groups is 2. The van der Waals surface area contributed by atoms with Crippen LogP contribution in [0.1, 0.15) is 22.1 Å². The summed E-state index contributed by atoms with van der Waals surface area (Å²) in [5.74, 6) is -1.13. The van der Waals surface area contributed by atoms with Gasteiger partial charge in [0.15, 0.2) is 11.5 Å². The molecule has 0 radical (unpaired) electrons. The third-order valence-electron chi connectivity index (χ3n) is 3.69. The number of amides is 1. The lowest BCUT2D eigenvalue weighted by molar-refractivity contribution is -0.307. The Labute approximate surface area is 148 Å². The highest BCUT2D eigenvalue weighted by Crippen LogP contribution is 2.37. The number of nitrogens with one attached hydrogen (secondary N) is 2. The largest absolute Gasteiger partial charge is 0.546 e. The lowest BCUT2D eigenvalue weighted by Crippen LogP contribution is -2.38. The maximum Gasteiger partial charge on any atom is 0.255 e. The first-order valence-corrected chi connectivity index (χ1v) is 7.74. The van der Waals surface area contributed by atoms with Crippen molar-refractivity contribution in [1.82, 2.24) is 5.32 Å². The van der Waals surface area contributed by atoms with Gasteiger partial charge < -0.3 is 30.0 Å². The molecule has 1 heterocycles. The topological polar surface area (TPSA) is 99.7 Å². The van der Waals surface area contributed by atoms with Crippen molar-refractivity contribution in [1.29, 1.82) is 0 Å². The number of carbonyl (C=O) groups excluding carboxylic acids is 2. The Morgan fingerprint density at radius 1 is 1.24 bits per heavy atom. The van der Waals surface area contributed by atoms with Crippen LogP contribution in [-0.4, -0.2) is 25.6 Å². The molecule has 1 aliphatic heterocycles. The fourth-order valence-corrected chi connectivity index (χ4v) is 2.81. The second-order valence-electron chi connectivity index (χ2n) is 5.28. The first-order chi connectivity index (χ1) is 12.0. The van der Waals surface area contributed by atoms with Gasteiger partial charge in [-0.3, -0.25) is 4.79 Å². The number of hydrogen-bond acceptors (Lipinski definition) is 6. The number of halogens is 1. The molecular weight excluding hydrogens is 348 g/mol. The van der Waals surface area contributed by atoms with Crippen LogP contribution in [0.3, 0.4) is 0 Å². The summed E-state index contributed by atoms with van der Waals surface area (Å²) in [4.78, 5) is 22.8. The Kier molecular flexibility index (Phi) is 4.67. The van der Waals surface area contributed by atoms with Crippen LogP contribution in [0.4, 0.5) is 5.69 Å². The summed E-state index contributed by atoms with van der Waals surface area (Å²) in [5, 5.41) is 16.8. The number of anilines is 1. The van der Waals surface area contributed by atoms with Gasteiger partial charge in [0.1, 0.15) is 12.8 Å². The van der Waals surface area contributed by atoms with Crippen LogP contribution in [0.15, 0.2) is 36.4 Å². The molecule has 0 saturated heterocycles. The molecule has 1 amide bonds. The number of hydrogen-bond donors (Lipinski definition) is 2. The average molecular weight is 362 g/mol. The summed E-state index contributed by atoms with van der Waals surface area (Å²) in [6.07, 6.45) is -0.570. The molecule has 8 heteroatoms. The van der Waals surface area contributed by atoms with Crippen molar-refractivity contribution in [2.75, 3.05) is 19.0 Å². The van der Waals surface area contributed by atoms with Gasteiger partial charge in [-0.05, 0) is 18.2 Å². The fourth-order valence-electron chi connectivity index (χ4n) is 2.54. The molecule has 2 N–H and O–H groups in total. The van der Waals surface area contributed by atoms with Crippen LogP contribution in [0.25, 0.3) is 0 Å². The lowest BCUT2D eigenvalue weighted by Gasteiger charge is -2.29. The number of rotatable bonds is 5. The molecule has 0 saturated carbocycles. The number of fused-ring (bicyclic) bond motifs is 1. The van der Waals surface area contributed by atoms with Gasteiger partial charge in [-0.2, -0.15) is 0 Å². The molecule has 0 aliphatic carbocycles. The molecular formula is C17H14ClN2O5-. The predicted octanol–water partition coefficient (Wildman–Crippen LogP) is 1.33. The van der Waals surface area contributed by atoms with E-state index in [1.54, 1.807) is 24.3 Å². The van der Waals surface area contributed by atoms with E-state index in [0.717, 1.165) is 0 Å². The summed E-state index contributed by atoms with van der Waals surface area (Å²) in [6.45, 7) is -0.627. The Hall–Kier alpha value is -2.93. The molecule has 0 aromatic heterocycles. The minimum atomic E-state index is -1.36. The molecule has 7 nitrogen and oxygen atoms in total. The quantitative estimate of drug-likeness (QED) is 0.833. The molecule has 25 heavy (non-hydrogen) atoms. The van der Waals surface area contributed by atoms with E-state index < -0.39 is 18.7 Å². The van der Waals surface area contributed by atoms with Gasteiger partial charge in [0.2, 0.25) is 0 Å². The van der Waals surface area contributed by atoms with Gasteiger partial charge in [-0.25, -0.2) is 0 Å². The Bertz CT molecular complexity index is 840. The minimum absolute atomic E-state index is 0.169. The second-order valence-corrected chi connectivity index (χ2v) is 5.69. The molecule has 2 aromatic carbocycles. The first-order valence-electron chi connectivity index (χ1n) is 7.36. The zero-order valence-corrected chi connectivity index (χ0v) is 13.9. The van der Waals surface area contributed by atoms with Crippen LogP contribution >= 0.6 is 11.6 Å². The summed E-state index contributed by atoms with van der Waals surface area (Å²) in [5.41, 5.74) is 1.78. The Morgan fingerprint density at radius 2 is 2.00 bits per heavy atom. The van der Waals surface area contributed by atoms with Crippen molar-refractivity contribution < 1.29 is 24.2 Å². The van der Waals surface area contributed by atoms with E-state index in [4.69, 9.17) is 21.1 Å². The summed E-state index contributed by atoms with van der Waals surface area (Å²) in [6, 6.07) is 10.1. The third kappa shape index (κ3) is 3.46. The van der Waals surface area contributed by atoms with Gasteiger partial charge in [0.25, 0.3) is 5.91 Å². The molecule has 130 valence electrons. The second kappa shape index (κ2) is 6.90. The van der Waals surface area contributed by atoms with Crippen molar-refractivity contribution in [3.63, 3.8) is 0 Å². The number of para-hydroxylation sites is 1. The van der Waals surface area contributed by atoms with Crippen molar-refractivity contribution >= 4 is 29.2 Å². The van der Waals surface area contributed by atoms with Crippen molar-refractivity contribution in [3.8, 4) is 11.5 Å². The van der Waals surface area contributed by atoms with E-state index in [2.05, 4.69) is 10.6 Å². The fraction of sp³-hybridized carbons (Fsp3) is 0.176. The van der Waals surface area contributed by atoms with E-state index in [1.165, 1.54) is 13.2 Å². The summed E-state index contributed by atoms with van der Waals surface area (Å²) >= 11 is 6.29. The Balaban J connectivity index is 1.93. The molecule has 0 spiro atoms. The van der Waals surface area contributed by atoms with E-state index in [-0.39, 0.29) is 22.4 Å². The third-order valence-corrected chi connectivity index (χ3v) is 4.01. The van der Waals surface area contributed by atoms with Gasteiger partial charge >= 0.3 is 0 Å². The molecule has 0 bridgehead atoms. The van der Waals surface area contributed by atoms with E-state index >= 15 is 0 Å². The number of carboxylic acid groups (broad SMARTS) is 1. The van der Waals surface area contributed by atoms with E-state index in [1.807, 2.05) is 6.07 Å². The van der Waals surface area contributed by atoms with E-state index in [0.29, 0.717) is 16.8 Å². The van der Waals surface area contributed by atoms with Crippen LogP contribution in [0.5, 0.6) is 11.5 Å². The first kappa shape index (κ1) is 16.9. The van der Waals surface area contributed by atoms with Crippen molar-refractivity contribution in [3.05, 3.63) is 52.5 Å². The summed E-state index contributed by atoms with van der Waals surface area (Å²) in [7, 11) is 1.42. The van der Waals surface area contributed by atoms with Gasteiger partial charge in [-0.15, -0.1) is 0 Å². The van der Waals surface area contributed by atoms with Crippen LogP contribution in [0.2, 0.25) is 5.02 Å². The minimum Gasteiger partial charge on any atom is -0.546 e. The molecule has 2 aromatic rings. The van der Waals surface area contributed by atoms with Crippen molar-refractivity contribution in [2.45, 2.75) is 6.17 Å². The van der Waals surface area contributed by atoms with Gasteiger partial charge in [0, 0.05) is 17.3 Å². The SMILES string of the molecule is COc1cc([C@@H]2NC(=O)c3ccccc3N2)c(Cl)cc1OCC(=O)[O-]. The predicted molar refractivity (Wildman–Crippen MR) is 88.8 cm³/mol. The van der Waals surface area contributed by atoms with Crippen molar-refractivity contribution in [2.24, 2.45) is 0 Å². The summed E-state index contributed by atoms with van der Waals surface area (Å²) < 4.78 is 10.3. The molecule has 1 atom stereocenters. The average Bonchev–Trinajstić information content (AvgIpc) is 2.60.